The van der Waals surface area contributed by atoms with E-state index in [1.807, 2.05) is 26.8 Å². The summed E-state index contributed by atoms with van der Waals surface area (Å²) in [5.74, 6) is 0.428. The SMILES string of the molecule is CC(C)(C)OC(=O)N1CC[C@H]([S@](=O)Cc2ccc(Cl)nc2)C1. The summed E-state index contributed by atoms with van der Waals surface area (Å²) in [5, 5.41) is 0.398. The van der Waals surface area contributed by atoms with Crippen LogP contribution in [-0.2, 0) is 21.3 Å². The molecule has 1 aromatic rings. The molecule has 5 nitrogen and oxygen atoms in total. The van der Waals surface area contributed by atoms with E-state index in [-0.39, 0.29) is 11.3 Å². The van der Waals surface area contributed by atoms with E-state index in [2.05, 4.69) is 4.98 Å². The largest absolute Gasteiger partial charge is 0.444 e. The Bertz CT molecular complexity index is 557. The molecule has 1 amide bonds. The number of rotatable bonds is 3. The van der Waals surface area contributed by atoms with Crippen LogP contribution in [0.2, 0.25) is 5.15 Å². The number of amides is 1. The molecule has 0 bridgehead atoms. The molecule has 2 rings (SSSR count). The van der Waals surface area contributed by atoms with Gasteiger partial charge in [0.05, 0.1) is 11.0 Å². The highest BCUT2D eigenvalue weighted by Crippen LogP contribution is 2.20. The van der Waals surface area contributed by atoms with Gasteiger partial charge in [0.2, 0.25) is 0 Å². The lowest BCUT2D eigenvalue weighted by Gasteiger charge is -2.24. The van der Waals surface area contributed by atoms with Gasteiger partial charge in [0.15, 0.2) is 0 Å². The number of nitrogens with zero attached hydrogens (tertiary/aromatic N) is 2. The summed E-state index contributed by atoms with van der Waals surface area (Å²) in [6.45, 7) is 6.57. The van der Waals surface area contributed by atoms with Crippen LogP contribution < -0.4 is 0 Å². The molecule has 0 aromatic carbocycles. The highest BCUT2D eigenvalue weighted by molar-refractivity contribution is 7.84. The van der Waals surface area contributed by atoms with E-state index in [0.29, 0.717) is 24.0 Å². The number of pyridine rings is 1. The predicted octanol–water partition coefficient (Wildman–Crippen LogP) is 2.99. The third-order valence-electron chi connectivity index (χ3n) is 3.27. The van der Waals surface area contributed by atoms with E-state index in [9.17, 15) is 9.00 Å². The van der Waals surface area contributed by atoms with Crippen molar-refractivity contribution in [1.29, 1.82) is 0 Å². The van der Waals surface area contributed by atoms with Gasteiger partial charge in [-0.2, -0.15) is 0 Å². The van der Waals surface area contributed by atoms with Crippen molar-refractivity contribution in [3.05, 3.63) is 29.0 Å². The highest BCUT2D eigenvalue weighted by atomic mass is 35.5. The Morgan fingerprint density at radius 1 is 1.50 bits per heavy atom. The van der Waals surface area contributed by atoms with Crippen molar-refractivity contribution in [2.45, 2.75) is 43.8 Å². The Morgan fingerprint density at radius 3 is 2.82 bits per heavy atom. The number of halogens is 1. The van der Waals surface area contributed by atoms with Crippen LogP contribution in [0.3, 0.4) is 0 Å². The molecule has 0 N–H and O–H groups in total. The number of ether oxygens (including phenoxy) is 1. The van der Waals surface area contributed by atoms with E-state index in [1.165, 1.54) is 0 Å². The minimum Gasteiger partial charge on any atom is -0.444 e. The normalized spacial score (nSPS) is 20.0. The van der Waals surface area contributed by atoms with Crippen LogP contribution >= 0.6 is 11.6 Å². The van der Waals surface area contributed by atoms with E-state index < -0.39 is 16.4 Å². The van der Waals surface area contributed by atoms with Gasteiger partial charge in [-0.25, -0.2) is 9.78 Å². The van der Waals surface area contributed by atoms with Gasteiger partial charge in [-0.3, -0.25) is 4.21 Å². The third kappa shape index (κ3) is 4.95. The molecule has 2 atom stereocenters. The number of carbonyl (C=O) groups excluding carboxylic acids is 1. The molecule has 0 saturated carbocycles. The summed E-state index contributed by atoms with van der Waals surface area (Å²) < 4.78 is 17.8. The number of likely N-dealkylation sites (tertiary alicyclic amines) is 1. The average Bonchev–Trinajstić information content (AvgIpc) is 2.89. The zero-order valence-corrected chi connectivity index (χ0v) is 14.6. The lowest BCUT2D eigenvalue weighted by atomic mass is 10.2. The van der Waals surface area contributed by atoms with Crippen molar-refractivity contribution in [2.75, 3.05) is 13.1 Å². The maximum absolute atomic E-state index is 12.4. The smallest absolute Gasteiger partial charge is 0.410 e. The van der Waals surface area contributed by atoms with E-state index in [1.54, 1.807) is 17.2 Å². The Labute approximate surface area is 138 Å². The van der Waals surface area contributed by atoms with Crippen molar-refractivity contribution < 1.29 is 13.7 Å². The first-order valence-corrected chi connectivity index (χ1v) is 8.96. The quantitative estimate of drug-likeness (QED) is 0.791. The topological polar surface area (TPSA) is 59.5 Å². The van der Waals surface area contributed by atoms with Crippen molar-refractivity contribution in [3.63, 3.8) is 0 Å². The van der Waals surface area contributed by atoms with Crippen molar-refractivity contribution in [2.24, 2.45) is 0 Å². The Kier molecular flexibility index (Phi) is 5.45. The third-order valence-corrected chi connectivity index (χ3v) is 5.24. The van der Waals surface area contributed by atoms with Gasteiger partial charge in [-0.15, -0.1) is 0 Å². The summed E-state index contributed by atoms with van der Waals surface area (Å²) in [4.78, 5) is 17.6. The molecule has 1 saturated heterocycles. The average molecular weight is 345 g/mol. The van der Waals surface area contributed by atoms with Gasteiger partial charge in [0.1, 0.15) is 10.8 Å². The lowest BCUT2D eigenvalue weighted by molar-refractivity contribution is 0.0295. The maximum atomic E-state index is 12.4. The second-order valence-electron chi connectivity index (χ2n) is 6.35. The van der Waals surface area contributed by atoms with Crippen LogP contribution in [-0.4, -0.2) is 44.1 Å². The van der Waals surface area contributed by atoms with Crippen LogP contribution in [0.4, 0.5) is 4.79 Å². The molecule has 0 radical (unpaired) electrons. The fourth-order valence-electron chi connectivity index (χ4n) is 2.21. The summed E-state index contributed by atoms with van der Waals surface area (Å²) in [6.07, 6.45) is 2.04. The van der Waals surface area contributed by atoms with Gasteiger partial charge in [-0.1, -0.05) is 17.7 Å². The van der Waals surface area contributed by atoms with E-state index in [0.717, 1.165) is 12.0 Å². The van der Waals surface area contributed by atoms with Gasteiger partial charge < -0.3 is 9.64 Å². The summed E-state index contributed by atoms with van der Waals surface area (Å²) >= 11 is 5.74. The molecular weight excluding hydrogens is 324 g/mol. The van der Waals surface area contributed by atoms with Crippen LogP contribution in [0.25, 0.3) is 0 Å². The minimum atomic E-state index is -1.05. The molecule has 0 unspecified atom stereocenters. The maximum Gasteiger partial charge on any atom is 0.410 e. The van der Waals surface area contributed by atoms with Crippen LogP contribution in [0.15, 0.2) is 18.3 Å². The fraction of sp³-hybridized carbons (Fsp3) is 0.600. The number of carbonyl (C=O) groups is 1. The second kappa shape index (κ2) is 6.96. The van der Waals surface area contributed by atoms with Crippen molar-refractivity contribution in [3.8, 4) is 0 Å². The molecule has 1 fully saturated rings. The van der Waals surface area contributed by atoms with E-state index >= 15 is 0 Å². The molecule has 1 aromatic heterocycles. The highest BCUT2D eigenvalue weighted by Gasteiger charge is 2.32. The molecule has 2 heterocycles. The van der Waals surface area contributed by atoms with Crippen LogP contribution in [0, 0.1) is 0 Å². The lowest BCUT2D eigenvalue weighted by Crippen LogP contribution is -2.36. The van der Waals surface area contributed by atoms with Gasteiger partial charge in [0, 0.05) is 30.1 Å². The molecule has 1 aliphatic heterocycles. The molecular formula is C15H21ClN2O3S. The van der Waals surface area contributed by atoms with Crippen molar-refractivity contribution >= 4 is 28.5 Å². The second-order valence-corrected chi connectivity index (χ2v) is 8.46. The summed E-state index contributed by atoms with van der Waals surface area (Å²) in [7, 11) is -1.05. The molecule has 22 heavy (non-hydrogen) atoms. The number of aromatic nitrogens is 1. The Hall–Kier alpha value is -1.14. The number of hydrogen-bond donors (Lipinski definition) is 0. The van der Waals surface area contributed by atoms with Gasteiger partial charge >= 0.3 is 6.09 Å². The zero-order chi connectivity index (χ0) is 16.3. The molecule has 7 heteroatoms. The van der Waals surface area contributed by atoms with Crippen LogP contribution in [0.5, 0.6) is 0 Å². The minimum absolute atomic E-state index is 0.0248. The first-order valence-electron chi connectivity index (χ1n) is 7.20. The summed E-state index contributed by atoms with van der Waals surface area (Å²) in [5.41, 5.74) is 0.377. The Morgan fingerprint density at radius 2 is 2.23 bits per heavy atom. The number of hydrogen-bond acceptors (Lipinski definition) is 4. The first-order chi connectivity index (χ1) is 10.2. The molecule has 1 aliphatic rings. The standard InChI is InChI=1S/C15H21ClN2O3S/c1-15(2,3)21-14(19)18-7-6-12(9-18)22(20)10-11-4-5-13(16)17-8-11/h4-5,8,12H,6-7,9-10H2,1-3H3/t12-,22+/m0/s1. The van der Waals surface area contributed by atoms with Crippen LogP contribution in [0.1, 0.15) is 32.8 Å². The Balaban J connectivity index is 1.88. The summed E-state index contributed by atoms with van der Waals surface area (Å²) in [6, 6.07) is 3.52. The van der Waals surface area contributed by atoms with Crippen molar-refractivity contribution in [1.82, 2.24) is 9.88 Å². The first kappa shape index (κ1) is 17.2. The van der Waals surface area contributed by atoms with Gasteiger partial charge in [0.25, 0.3) is 0 Å². The molecule has 122 valence electrons. The molecule has 0 aliphatic carbocycles. The zero-order valence-electron chi connectivity index (χ0n) is 13.0. The van der Waals surface area contributed by atoms with Gasteiger partial charge in [-0.05, 0) is 38.8 Å². The fourth-order valence-corrected chi connectivity index (χ4v) is 3.77. The van der Waals surface area contributed by atoms with E-state index in [4.69, 9.17) is 16.3 Å². The monoisotopic (exact) mass is 344 g/mol. The molecule has 0 spiro atoms. The predicted molar refractivity (Wildman–Crippen MR) is 87.3 cm³/mol.